The fraction of sp³-hybridized carbons (Fsp3) is 0.560. The van der Waals surface area contributed by atoms with Gasteiger partial charge in [0.2, 0.25) is 5.91 Å². The number of aromatic nitrogens is 1. The van der Waals surface area contributed by atoms with Crippen LogP contribution < -0.4 is 10.1 Å². The molecule has 1 N–H and O–H groups in total. The fourth-order valence-corrected chi connectivity index (χ4v) is 7.09. The lowest BCUT2D eigenvalue weighted by atomic mass is 9.38. The van der Waals surface area contributed by atoms with Crippen LogP contribution in [0.15, 0.2) is 30.5 Å². The first-order valence-electron chi connectivity index (χ1n) is 11.3. The van der Waals surface area contributed by atoms with E-state index in [1.54, 1.807) is 12.3 Å². The van der Waals surface area contributed by atoms with E-state index >= 15 is 0 Å². The smallest absolute Gasteiger partial charge is 0.223 e. The number of carbonyl (C=O) groups excluding carboxylic acids is 1. The van der Waals surface area contributed by atoms with E-state index in [1.165, 1.54) is 12.1 Å². The van der Waals surface area contributed by atoms with Crippen LogP contribution in [-0.2, 0) is 4.79 Å². The Hall–Kier alpha value is -2.68. The first-order valence-corrected chi connectivity index (χ1v) is 11.3. The van der Waals surface area contributed by atoms with Crippen LogP contribution in [0.2, 0.25) is 0 Å². The minimum absolute atomic E-state index is 0.0183. The van der Waals surface area contributed by atoms with Gasteiger partial charge >= 0.3 is 0 Å². The third kappa shape index (κ3) is 2.93. The first kappa shape index (κ1) is 19.0. The van der Waals surface area contributed by atoms with Gasteiger partial charge < -0.3 is 10.1 Å². The molecule has 7 rings (SSSR count). The second-order valence-corrected chi connectivity index (χ2v) is 10.5. The van der Waals surface area contributed by atoms with Gasteiger partial charge in [-0.15, -0.1) is 0 Å². The molecule has 31 heavy (non-hydrogen) atoms. The van der Waals surface area contributed by atoms with E-state index in [0.29, 0.717) is 35.3 Å². The number of hydrogen-bond acceptors (Lipinski definition) is 4. The lowest BCUT2D eigenvalue weighted by molar-refractivity contribution is -0.165. The number of fused-ring (bicyclic) bond motifs is 2. The maximum Gasteiger partial charge on any atom is 0.223 e. The molecule has 1 unspecified atom stereocenters. The average Bonchev–Trinajstić information content (AvgIpc) is 3.19. The van der Waals surface area contributed by atoms with Gasteiger partial charge in [-0.1, -0.05) is 6.92 Å². The molecule has 2 bridgehead atoms. The highest BCUT2D eigenvalue weighted by atomic mass is 19.1. The number of halogens is 1. The van der Waals surface area contributed by atoms with Gasteiger partial charge in [0.05, 0.1) is 17.7 Å². The van der Waals surface area contributed by atoms with Crippen molar-refractivity contribution in [3.63, 3.8) is 0 Å². The number of ether oxygens (including phenoxy) is 1. The van der Waals surface area contributed by atoms with Crippen LogP contribution in [0, 0.1) is 46.2 Å². The van der Waals surface area contributed by atoms with Crippen molar-refractivity contribution in [2.45, 2.75) is 57.1 Å². The Morgan fingerprint density at radius 3 is 2.77 bits per heavy atom. The molecule has 5 aliphatic carbocycles. The number of nitrogens with zero attached hydrogens (tertiary/aromatic N) is 2. The van der Waals surface area contributed by atoms with Crippen molar-refractivity contribution < 1.29 is 13.9 Å². The summed E-state index contributed by atoms with van der Waals surface area (Å²) in [5.41, 5.74) is 0.914. The van der Waals surface area contributed by atoms with Crippen molar-refractivity contribution in [2.75, 3.05) is 0 Å². The lowest BCUT2D eigenvalue weighted by Crippen LogP contribution is -2.74. The Bertz CT molecular complexity index is 1090. The predicted octanol–water partition coefficient (Wildman–Crippen LogP) is 4.37. The molecule has 0 saturated heterocycles. The molecule has 5 aliphatic rings. The van der Waals surface area contributed by atoms with E-state index in [1.807, 2.05) is 6.07 Å². The Balaban J connectivity index is 1.04. The lowest BCUT2D eigenvalue weighted by Gasteiger charge is -2.70. The van der Waals surface area contributed by atoms with Crippen molar-refractivity contribution in [1.82, 2.24) is 10.3 Å². The minimum atomic E-state index is -0.290. The van der Waals surface area contributed by atoms with Crippen molar-refractivity contribution >= 4 is 16.8 Å². The summed E-state index contributed by atoms with van der Waals surface area (Å²) in [6, 6.07) is 8.66. The Kier molecular flexibility index (Phi) is 3.94. The highest BCUT2D eigenvalue weighted by Crippen LogP contribution is 2.69. The van der Waals surface area contributed by atoms with Crippen molar-refractivity contribution in [3.8, 4) is 11.8 Å². The molecule has 5 saturated carbocycles. The predicted molar refractivity (Wildman–Crippen MR) is 112 cm³/mol. The molecule has 1 heterocycles. The van der Waals surface area contributed by atoms with Gasteiger partial charge in [-0.2, -0.15) is 5.26 Å². The number of nitrogens with one attached hydrogen (secondary N) is 1. The van der Waals surface area contributed by atoms with Gasteiger partial charge in [-0.05, 0) is 79.5 Å². The normalized spacial score (nSPS) is 37.7. The van der Waals surface area contributed by atoms with E-state index in [-0.39, 0.29) is 34.7 Å². The molecule has 2 aromatic rings. The summed E-state index contributed by atoms with van der Waals surface area (Å²) in [5.74, 6) is 2.11. The molecule has 1 aromatic carbocycles. The zero-order chi connectivity index (χ0) is 21.4. The van der Waals surface area contributed by atoms with Crippen molar-refractivity contribution in [2.24, 2.45) is 29.1 Å². The van der Waals surface area contributed by atoms with E-state index in [0.717, 1.165) is 37.6 Å². The topological polar surface area (TPSA) is 75.0 Å². The summed E-state index contributed by atoms with van der Waals surface area (Å²) in [6.45, 7) is 2.06. The van der Waals surface area contributed by atoms with E-state index in [2.05, 4.69) is 23.3 Å². The van der Waals surface area contributed by atoms with Gasteiger partial charge in [0.1, 0.15) is 11.6 Å². The SMILES string of the molecule is CC(C(=O)NC12CC(CC#N)(C1)C2)[C@H]1[C@@H]2C[C@H](Oc3ccnc4ccc(F)cc34)C[C@@H]21. The summed E-state index contributed by atoms with van der Waals surface area (Å²) < 4.78 is 19.9. The van der Waals surface area contributed by atoms with Crippen LogP contribution in [0.25, 0.3) is 10.9 Å². The third-order valence-corrected chi connectivity index (χ3v) is 8.40. The highest BCUT2D eigenvalue weighted by molar-refractivity contribution is 5.84. The monoisotopic (exact) mass is 419 g/mol. The number of carbonyl (C=O) groups is 1. The van der Waals surface area contributed by atoms with E-state index < -0.39 is 0 Å². The van der Waals surface area contributed by atoms with Gasteiger partial charge in [0.25, 0.3) is 0 Å². The molecule has 1 amide bonds. The van der Waals surface area contributed by atoms with Crippen LogP contribution in [-0.4, -0.2) is 22.5 Å². The molecule has 5 nitrogen and oxygen atoms in total. The van der Waals surface area contributed by atoms with Gasteiger partial charge in [-0.25, -0.2) is 4.39 Å². The molecule has 5 fully saturated rings. The van der Waals surface area contributed by atoms with Crippen LogP contribution in [0.3, 0.4) is 0 Å². The molecule has 1 aromatic heterocycles. The standard InChI is InChI=1S/C25H26FN3O2/c1-14(23(30)29-25-11-24(12-25,13-25)5-6-27)22-17-9-16(10-18(17)22)31-21-4-7-28-20-3-2-15(26)8-19(20)21/h2-4,7-8,14,16-18,22H,5,9-13H2,1H3,(H,29,30)/t14?,16-,17+,18-,22-,24?,25?. The van der Waals surface area contributed by atoms with Gasteiger partial charge in [0.15, 0.2) is 0 Å². The Labute approximate surface area is 181 Å². The molecule has 0 radical (unpaired) electrons. The third-order valence-electron chi connectivity index (χ3n) is 8.40. The summed E-state index contributed by atoms with van der Waals surface area (Å²) in [6.07, 6.45) is 7.24. The number of hydrogen-bond donors (Lipinski definition) is 1. The number of rotatable bonds is 6. The summed E-state index contributed by atoms with van der Waals surface area (Å²) in [7, 11) is 0. The molecular formula is C25H26FN3O2. The molecular weight excluding hydrogens is 393 g/mol. The maximum absolute atomic E-state index is 13.7. The molecule has 5 atom stereocenters. The second-order valence-electron chi connectivity index (χ2n) is 10.5. The Morgan fingerprint density at radius 2 is 2.06 bits per heavy atom. The van der Waals surface area contributed by atoms with Crippen LogP contribution in [0.1, 0.15) is 45.4 Å². The minimum Gasteiger partial charge on any atom is -0.490 e. The van der Waals surface area contributed by atoms with Crippen LogP contribution in [0.4, 0.5) is 4.39 Å². The molecule has 0 aliphatic heterocycles. The maximum atomic E-state index is 13.7. The quantitative estimate of drug-likeness (QED) is 0.755. The number of nitriles is 1. The largest absolute Gasteiger partial charge is 0.490 e. The summed E-state index contributed by atoms with van der Waals surface area (Å²) in [4.78, 5) is 17.1. The van der Waals surface area contributed by atoms with Crippen LogP contribution in [0.5, 0.6) is 5.75 Å². The number of benzene rings is 1. The average molecular weight is 420 g/mol. The molecule has 160 valence electrons. The van der Waals surface area contributed by atoms with Crippen LogP contribution >= 0.6 is 0 Å². The zero-order valence-corrected chi connectivity index (χ0v) is 17.6. The highest BCUT2D eigenvalue weighted by Gasteiger charge is 2.68. The zero-order valence-electron chi connectivity index (χ0n) is 17.6. The second kappa shape index (κ2) is 6.41. The number of pyridine rings is 1. The fourth-order valence-electron chi connectivity index (χ4n) is 7.09. The van der Waals surface area contributed by atoms with Crippen molar-refractivity contribution in [3.05, 3.63) is 36.3 Å². The van der Waals surface area contributed by atoms with E-state index in [4.69, 9.17) is 10.00 Å². The van der Waals surface area contributed by atoms with Gasteiger partial charge in [-0.3, -0.25) is 9.78 Å². The summed E-state index contributed by atoms with van der Waals surface area (Å²) in [5, 5.41) is 12.9. The number of amides is 1. The molecule has 0 spiro atoms. The van der Waals surface area contributed by atoms with Crippen molar-refractivity contribution in [1.29, 1.82) is 5.26 Å². The molecule has 6 heteroatoms. The van der Waals surface area contributed by atoms with Gasteiger partial charge in [0, 0.05) is 29.5 Å². The summed E-state index contributed by atoms with van der Waals surface area (Å²) >= 11 is 0. The van der Waals surface area contributed by atoms with E-state index in [9.17, 15) is 9.18 Å². The first-order chi connectivity index (χ1) is 14.9. The Morgan fingerprint density at radius 1 is 1.32 bits per heavy atom.